The average Bonchev–Trinajstić information content (AvgIpc) is 2.56. The van der Waals surface area contributed by atoms with Gasteiger partial charge in [-0.25, -0.2) is 0 Å². The van der Waals surface area contributed by atoms with Crippen LogP contribution >= 0.6 is 0 Å². The van der Waals surface area contributed by atoms with E-state index in [9.17, 15) is 0 Å². The van der Waals surface area contributed by atoms with Crippen LogP contribution in [0.4, 0.5) is 0 Å². The highest BCUT2D eigenvalue weighted by Gasteiger charge is 2.39. The van der Waals surface area contributed by atoms with Crippen molar-refractivity contribution in [3.05, 3.63) is 29.3 Å². The van der Waals surface area contributed by atoms with Crippen molar-refractivity contribution in [1.29, 1.82) is 0 Å². The fourth-order valence-electron chi connectivity index (χ4n) is 3.52. The topological polar surface area (TPSA) is 35.2 Å². The lowest BCUT2D eigenvalue weighted by Crippen LogP contribution is -2.42. The molecule has 1 atom stereocenters. The summed E-state index contributed by atoms with van der Waals surface area (Å²) in [4.78, 5) is 0. The number of nitrogens with two attached hydrogens (primary N) is 1. The SMILES string of the molecule is Cc1ccc2c(c1)C(N)CC1(CCCCCC1)O2. The lowest BCUT2D eigenvalue weighted by molar-refractivity contribution is 0.0213. The molecule has 1 aromatic rings. The van der Waals surface area contributed by atoms with Crippen molar-refractivity contribution >= 4 is 0 Å². The van der Waals surface area contributed by atoms with E-state index in [2.05, 4.69) is 25.1 Å². The molecule has 98 valence electrons. The third-order valence-corrected chi connectivity index (χ3v) is 4.50. The number of ether oxygens (including phenoxy) is 1. The summed E-state index contributed by atoms with van der Waals surface area (Å²) in [6, 6.07) is 6.56. The highest BCUT2D eigenvalue weighted by Crippen LogP contribution is 2.44. The molecule has 0 radical (unpaired) electrons. The summed E-state index contributed by atoms with van der Waals surface area (Å²) in [6.45, 7) is 2.11. The molecule has 18 heavy (non-hydrogen) atoms. The summed E-state index contributed by atoms with van der Waals surface area (Å²) >= 11 is 0. The average molecular weight is 245 g/mol. The molecule has 2 N–H and O–H groups in total. The molecule has 0 amide bonds. The molecule has 2 heteroatoms. The molecule has 1 saturated carbocycles. The lowest BCUT2D eigenvalue weighted by Gasteiger charge is -2.41. The third-order valence-electron chi connectivity index (χ3n) is 4.50. The number of fused-ring (bicyclic) bond motifs is 1. The van der Waals surface area contributed by atoms with Crippen molar-refractivity contribution in [1.82, 2.24) is 0 Å². The molecule has 1 fully saturated rings. The van der Waals surface area contributed by atoms with E-state index in [1.54, 1.807) is 0 Å². The Kier molecular flexibility index (Phi) is 3.06. The largest absolute Gasteiger partial charge is 0.487 e. The second kappa shape index (κ2) is 4.58. The van der Waals surface area contributed by atoms with E-state index in [0.29, 0.717) is 0 Å². The molecule has 2 nitrogen and oxygen atoms in total. The minimum Gasteiger partial charge on any atom is -0.487 e. The number of aryl methyl sites for hydroxylation is 1. The zero-order chi connectivity index (χ0) is 12.6. The number of benzene rings is 1. The Balaban J connectivity index is 1.92. The first-order valence-electron chi connectivity index (χ1n) is 7.24. The van der Waals surface area contributed by atoms with Gasteiger partial charge >= 0.3 is 0 Å². The van der Waals surface area contributed by atoms with Gasteiger partial charge in [-0.1, -0.05) is 30.5 Å². The van der Waals surface area contributed by atoms with Crippen molar-refractivity contribution in [2.24, 2.45) is 5.73 Å². The summed E-state index contributed by atoms with van der Waals surface area (Å²) in [5, 5.41) is 0. The van der Waals surface area contributed by atoms with Gasteiger partial charge in [-0.3, -0.25) is 0 Å². The molecule has 0 saturated heterocycles. The Morgan fingerprint density at radius 3 is 2.61 bits per heavy atom. The second-order valence-corrected chi connectivity index (χ2v) is 6.05. The number of rotatable bonds is 0. The molecule has 1 heterocycles. The molecule has 1 aliphatic carbocycles. The zero-order valence-electron chi connectivity index (χ0n) is 11.2. The Morgan fingerprint density at radius 1 is 1.17 bits per heavy atom. The van der Waals surface area contributed by atoms with Crippen LogP contribution in [0.2, 0.25) is 0 Å². The zero-order valence-corrected chi connectivity index (χ0v) is 11.2. The molecule has 1 aliphatic heterocycles. The van der Waals surface area contributed by atoms with Gasteiger partial charge in [-0.05, 0) is 38.7 Å². The van der Waals surface area contributed by atoms with Crippen LogP contribution in [0.5, 0.6) is 5.75 Å². The molecule has 1 aromatic carbocycles. The quantitative estimate of drug-likeness (QED) is 0.753. The van der Waals surface area contributed by atoms with Gasteiger partial charge in [-0.15, -0.1) is 0 Å². The van der Waals surface area contributed by atoms with Crippen molar-refractivity contribution in [3.63, 3.8) is 0 Å². The molecule has 3 rings (SSSR count). The summed E-state index contributed by atoms with van der Waals surface area (Å²) in [5.74, 6) is 1.03. The fraction of sp³-hybridized carbons (Fsp3) is 0.625. The van der Waals surface area contributed by atoms with E-state index in [4.69, 9.17) is 10.5 Å². The van der Waals surface area contributed by atoms with Crippen molar-refractivity contribution in [2.45, 2.75) is 63.5 Å². The first-order valence-corrected chi connectivity index (χ1v) is 7.24. The highest BCUT2D eigenvalue weighted by atomic mass is 16.5. The summed E-state index contributed by atoms with van der Waals surface area (Å²) in [6.07, 6.45) is 8.61. The van der Waals surface area contributed by atoms with Crippen LogP contribution in [-0.2, 0) is 0 Å². The maximum absolute atomic E-state index is 6.39. The van der Waals surface area contributed by atoms with Crippen LogP contribution in [-0.4, -0.2) is 5.60 Å². The van der Waals surface area contributed by atoms with Gasteiger partial charge in [-0.2, -0.15) is 0 Å². The van der Waals surface area contributed by atoms with Crippen LogP contribution in [0.25, 0.3) is 0 Å². The van der Waals surface area contributed by atoms with Crippen LogP contribution in [0.3, 0.4) is 0 Å². The minimum absolute atomic E-state index is 0.0260. The first-order chi connectivity index (χ1) is 8.69. The van der Waals surface area contributed by atoms with Gasteiger partial charge in [0.05, 0.1) is 0 Å². The van der Waals surface area contributed by atoms with Gasteiger partial charge in [0.2, 0.25) is 0 Å². The second-order valence-electron chi connectivity index (χ2n) is 6.05. The molecular formula is C16H23NO. The van der Waals surface area contributed by atoms with Crippen LogP contribution in [0.1, 0.15) is 62.1 Å². The van der Waals surface area contributed by atoms with Crippen LogP contribution < -0.4 is 10.5 Å². The maximum atomic E-state index is 6.39. The van der Waals surface area contributed by atoms with E-state index in [1.807, 2.05) is 0 Å². The molecule has 1 unspecified atom stereocenters. The van der Waals surface area contributed by atoms with Crippen molar-refractivity contribution in [2.75, 3.05) is 0 Å². The third kappa shape index (κ3) is 2.14. The smallest absolute Gasteiger partial charge is 0.124 e. The van der Waals surface area contributed by atoms with Gasteiger partial charge in [0.25, 0.3) is 0 Å². The molecule has 0 bridgehead atoms. The van der Waals surface area contributed by atoms with Gasteiger partial charge in [0.15, 0.2) is 0 Å². The van der Waals surface area contributed by atoms with E-state index in [1.165, 1.54) is 49.7 Å². The van der Waals surface area contributed by atoms with Gasteiger partial charge in [0.1, 0.15) is 11.4 Å². The Bertz CT molecular complexity index is 433. The minimum atomic E-state index is 0.0260. The van der Waals surface area contributed by atoms with E-state index in [-0.39, 0.29) is 11.6 Å². The Morgan fingerprint density at radius 2 is 1.89 bits per heavy atom. The van der Waals surface area contributed by atoms with Crippen molar-refractivity contribution in [3.8, 4) is 5.75 Å². The Labute approximate surface area is 110 Å². The van der Waals surface area contributed by atoms with Crippen LogP contribution in [0, 0.1) is 6.92 Å². The highest BCUT2D eigenvalue weighted by molar-refractivity contribution is 5.41. The molecule has 0 aromatic heterocycles. The predicted octanol–water partition coefficient (Wildman–Crippen LogP) is 3.87. The normalized spacial score (nSPS) is 26.2. The van der Waals surface area contributed by atoms with Gasteiger partial charge < -0.3 is 10.5 Å². The van der Waals surface area contributed by atoms with Gasteiger partial charge in [0, 0.05) is 18.0 Å². The lowest BCUT2D eigenvalue weighted by atomic mass is 9.82. The first kappa shape index (κ1) is 12.0. The fourth-order valence-corrected chi connectivity index (χ4v) is 3.52. The summed E-state index contributed by atoms with van der Waals surface area (Å²) in [5.41, 5.74) is 8.88. The molecular weight excluding hydrogens is 222 g/mol. The molecule has 2 aliphatic rings. The Hall–Kier alpha value is -1.02. The summed E-state index contributed by atoms with van der Waals surface area (Å²) in [7, 11) is 0. The monoisotopic (exact) mass is 245 g/mol. The van der Waals surface area contributed by atoms with E-state index in [0.717, 1.165) is 12.2 Å². The number of hydrogen-bond donors (Lipinski definition) is 1. The van der Waals surface area contributed by atoms with Crippen LogP contribution in [0.15, 0.2) is 18.2 Å². The van der Waals surface area contributed by atoms with E-state index >= 15 is 0 Å². The molecule has 1 spiro atoms. The maximum Gasteiger partial charge on any atom is 0.124 e. The number of hydrogen-bond acceptors (Lipinski definition) is 2. The predicted molar refractivity (Wildman–Crippen MR) is 73.8 cm³/mol. The standard InChI is InChI=1S/C16H23NO/c1-12-6-7-15-13(10-12)14(17)11-16(18-15)8-4-2-3-5-9-16/h6-7,10,14H,2-5,8-9,11,17H2,1H3. The van der Waals surface area contributed by atoms with E-state index < -0.39 is 0 Å². The van der Waals surface area contributed by atoms with Crippen molar-refractivity contribution < 1.29 is 4.74 Å². The summed E-state index contributed by atoms with van der Waals surface area (Å²) < 4.78 is 6.39.